The predicted molar refractivity (Wildman–Crippen MR) is 87.5 cm³/mol. The summed E-state index contributed by atoms with van der Waals surface area (Å²) in [5, 5.41) is 9.78. The molecule has 4 nitrogen and oxygen atoms in total. The van der Waals surface area contributed by atoms with Gasteiger partial charge in [0, 0.05) is 10.1 Å². The highest BCUT2D eigenvalue weighted by Gasteiger charge is 2.14. The molecule has 0 aliphatic carbocycles. The van der Waals surface area contributed by atoms with Crippen LogP contribution in [0.1, 0.15) is 11.7 Å². The van der Waals surface area contributed by atoms with Gasteiger partial charge < -0.3 is 5.11 Å². The van der Waals surface area contributed by atoms with Gasteiger partial charge in [0.2, 0.25) is 0 Å². The summed E-state index contributed by atoms with van der Waals surface area (Å²) in [6.45, 7) is 0. The van der Waals surface area contributed by atoms with Crippen LogP contribution in [0, 0.1) is 0 Å². The molecule has 0 aromatic heterocycles. The van der Waals surface area contributed by atoms with Gasteiger partial charge in [-0.1, -0.05) is 52.9 Å². The highest BCUT2D eigenvalue weighted by Crippen LogP contribution is 2.21. The second-order valence-electron chi connectivity index (χ2n) is 4.21. The van der Waals surface area contributed by atoms with Crippen molar-refractivity contribution in [3.63, 3.8) is 0 Å². The molecule has 2 rings (SSSR count). The van der Waals surface area contributed by atoms with Crippen molar-refractivity contribution >= 4 is 38.3 Å². The number of hydrogen-bond donors (Lipinski definition) is 2. The lowest BCUT2D eigenvalue weighted by atomic mass is 10.1. The molecule has 0 spiro atoms. The lowest BCUT2D eigenvalue weighted by molar-refractivity contribution is 0.207. The third kappa shape index (κ3) is 3.71. The molecule has 0 saturated heterocycles. The van der Waals surface area contributed by atoms with Crippen LogP contribution in [-0.2, 0) is 10.0 Å². The first-order valence-corrected chi connectivity index (χ1v) is 8.95. The van der Waals surface area contributed by atoms with Gasteiger partial charge in [-0.05, 0) is 29.8 Å². The van der Waals surface area contributed by atoms with Gasteiger partial charge in [0.15, 0.2) is 0 Å². The van der Waals surface area contributed by atoms with Crippen LogP contribution in [0.2, 0.25) is 0 Å². The minimum Gasteiger partial charge on any atom is -0.388 e. The van der Waals surface area contributed by atoms with Gasteiger partial charge in [0.1, 0.15) is 0 Å². The maximum atomic E-state index is 12.2. The monoisotopic (exact) mass is 403 g/mol. The Kier molecular flexibility index (Phi) is 5.00. The summed E-state index contributed by atoms with van der Waals surface area (Å²) in [4.78, 5) is 0.208. The van der Waals surface area contributed by atoms with Gasteiger partial charge in [-0.15, -0.1) is 0 Å². The maximum absolute atomic E-state index is 12.2. The van der Waals surface area contributed by atoms with Crippen molar-refractivity contribution in [2.24, 2.45) is 0 Å². The number of rotatable bonds is 5. The van der Waals surface area contributed by atoms with E-state index in [1.54, 1.807) is 42.5 Å². The van der Waals surface area contributed by atoms with E-state index in [0.717, 1.165) is 0 Å². The van der Waals surface area contributed by atoms with Gasteiger partial charge in [-0.25, -0.2) is 8.42 Å². The Morgan fingerprint density at radius 2 is 1.80 bits per heavy atom. The van der Waals surface area contributed by atoms with Crippen molar-refractivity contribution in [2.75, 3.05) is 9.15 Å². The third-order valence-corrected chi connectivity index (χ3v) is 4.95. The Bertz CT molecular complexity index is 674. The van der Waals surface area contributed by atoms with Crippen LogP contribution in [0.25, 0.3) is 0 Å². The van der Waals surface area contributed by atoms with Gasteiger partial charge in [0.25, 0.3) is 10.0 Å². The fourth-order valence-corrected chi connectivity index (χ4v) is 3.29. The highest BCUT2D eigenvalue weighted by atomic mass is 127. The number of hydrogen-bond acceptors (Lipinski definition) is 3. The van der Waals surface area contributed by atoms with Crippen LogP contribution >= 0.6 is 22.6 Å². The molecule has 106 valence electrons. The molecule has 1 atom stereocenters. The fourth-order valence-electron chi connectivity index (χ4n) is 1.71. The minimum absolute atomic E-state index is 0.208. The van der Waals surface area contributed by atoms with Crippen LogP contribution in [0.5, 0.6) is 0 Å². The van der Waals surface area contributed by atoms with E-state index in [9.17, 15) is 13.5 Å². The quantitative estimate of drug-likeness (QED) is 0.596. The number of halogens is 1. The summed E-state index contributed by atoms with van der Waals surface area (Å²) >= 11 is 2.08. The topological polar surface area (TPSA) is 66.4 Å². The maximum Gasteiger partial charge on any atom is 0.261 e. The summed E-state index contributed by atoms with van der Waals surface area (Å²) in [6, 6.07) is 15.0. The van der Waals surface area contributed by atoms with Crippen LogP contribution in [0.4, 0.5) is 5.69 Å². The number of alkyl halides is 1. The van der Waals surface area contributed by atoms with Crippen LogP contribution < -0.4 is 4.72 Å². The molecule has 1 unspecified atom stereocenters. The van der Waals surface area contributed by atoms with Crippen LogP contribution in [-0.4, -0.2) is 18.0 Å². The Hall–Kier alpha value is -1.12. The molecule has 0 amide bonds. The molecular formula is C14H14INO3S. The van der Waals surface area contributed by atoms with Gasteiger partial charge in [-0.3, -0.25) is 4.72 Å². The highest BCUT2D eigenvalue weighted by molar-refractivity contribution is 14.1. The summed E-state index contributed by atoms with van der Waals surface area (Å²) < 4.78 is 27.4. The predicted octanol–water partition coefficient (Wildman–Crippen LogP) is 2.96. The van der Waals surface area contributed by atoms with Gasteiger partial charge in [0.05, 0.1) is 11.0 Å². The molecule has 2 aromatic carbocycles. The van der Waals surface area contributed by atoms with E-state index in [2.05, 4.69) is 27.3 Å². The first-order chi connectivity index (χ1) is 9.53. The van der Waals surface area contributed by atoms with Gasteiger partial charge in [-0.2, -0.15) is 0 Å². The Labute approximate surface area is 132 Å². The second kappa shape index (κ2) is 6.55. The summed E-state index contributed by atoms with van der Waals surface area (Å²) in [5.74, 6) is 0. The molecule has 0 fully saturated rings. The molecule has 0 aliphatic rings. The molecule has 0 heterocycles. The molecular weight excluding hydrogens is 389 g/mol. The van der Waals surface area contributed by atoms with E-state index >= 15 is 0 Å². The van der Waals surface area contributed by atoms with Crippen molar-refractivity contribution in [3.05, 3.63) is 60.2 Å². The van der Waals surface area contributed by atoms with Crippen LogP contribution in [0.3, 0.4) is 0 Å². The number of anilines is 1. The van der Waals surface area contributed by atoms with Crippen molar-refractivity contribution < 1.29 is 13.5 Å². The first kappa shape index (κ1) is 15.3. The standard InChI is InChI=1S/C14H14INO3S/c15-10-14(17)11-5-4-6-12(9-11)16-20(18,19)13-7-2-1-3-8-13/h1-9,14,16-17H,10H2. The molecule has 2 N–H and O–H groups in total. The Morgan fingerprint density at radius 3 is 2.45 bits per heavy atom. The Morgan fingerprint density at radius 1 is 1.10 bits per heavy atom. The summed E-state index contributed by atoms with van der Waals surface area (Å²) in [5.41, 5.74) is 1.13. The zero-order valence-electron chi connectivity index (χ0n) is 10.5. The minimum atomic E-state index is -3.60. The normalized spacial score (nSPS) is 12.9. The number of aliphatic hydroxyl groups is 1. The zero-order valence-corrected chi connectivity index (χ0v) is 13.5. The molecule has 0 saturated carbocycles. The van der Waals surface area contributed by atoms with Crippen molar-refractivity contribution in [2.45, 2.75) is 11.0 Å². The van der Waals surface area contributed by atoms with Gasteiger partial charge >= 0.3 is 0 Å². The lowest BCUT2D eigenvalue weighted by Crippen LogP contribution is -2.13. The van der Waals surface area contributed by atoms with Crippen molar-refractivity contribution in [1.29, 1.82) is 0 Å². The van der Waals surface area contributed by atoms with Crippen LogP contribution in [0.15, 0.2) is 59.5 Å². The summed E-state index contributed by atoms with van der Waals surface area (Å²) in [6.07, 6.45) is -0.600. The third-order valence-electron chi connectivity index (χ3n) is 2.72. The van der Waals surface area contributed by atoms with E-state index < -0.39 is 16.1 Å². The first-order valence-electron chi connectivity index (χ1n) is 5.95. The molecule has 2 aromatic rings. The smallest absolute Gasteiger partial charge is 0.261 e. The van der Waals surface area contributed by atoms with E-state index in [1.807, 2.05) is 0 Å². The number of nitrogens with one attached hydrogen (secondary N) is 1. The molecule has 0 aliphatic heterocycles. The van der Waals surface area contributed by atoms with Crippen molar-refractivity contribution in [1.82, 2.24) is 0 Å². The number of aliphatic hydroxyl groups excluding tert-OH is 1. The molecule has 0 radical (unpaired) electrons. The SMILES string of the molecule is O=S(=O)(Nc1cccc(C(O)CI)c1)c1ccccc1. The van der Waals surface area contributed by atoms with E-state index in [1.165, 1.54) is 12.1 Å². The average molecular weight is 403 g/mol. The average Bonchev–Trinajstić information content (AvgIpc) is 2.47. The zero-order chi connectivity index (χ0) is 14.6. The molecule has 0 bridgehead atoms. The number of benzene rings is 2. The second-order valence-corrected chi connectivity index (χ2v) is 6.78. The summed E-state index contributed by atoms with van der Waals surface area (Å²) in [7, 11) is -3.60. The van der Waals surface area contributed by atoms with E-state index in [4.69, 9.17) is 0 Å². The largest absolute Gasteiger partial charge is 0.388 e. The van der Waals surface area contributed by atoms with E-state index in [0.29, 0.717) is 15.7 Å². The lowest BCUT2D eigenvalue weighted by Gasteiger charge is -2.11. The molecule has 20 heavy (non-hydrogen) atoms. The van der Waals surface area contributed by atoms with Crippen molar-refractivity contribution in [3.8, 4) is 0 Å². The Balaban J connectivity index is 2.26. The van der Waals surface area contributed by atoms with E-state index in [-0.39, 0.29) is 4.90 Å². The number of sulfonamides is 1. The fraction of sp³-hybridized carbons (Fsp3) is 0.143. The molecule has 6 heteroatoms.